The third-order valence-electron chi connectivity index (χ3n) is 5.69. The van der Waals surface area contributed by atoms with Crippen molar-refractivity contribution in [3.8, 4) is 11.1 Å². The van der Waals surface area contributed by atoms with Crippen molar-refractivity contribution in [1.82, 2.24) is 5.32 Å². The number of benzene rings is 3. The summed E-state index contributed by atoms with van der Waals surface area (Å²) in [6.07, 6.45) is 0.369. The highest BCUT2D eigenvalue weighted by Gasteiger charge is 2.38. The highest BCUT2D eigenvalue weighted by atomic mass is 16.6. The number of rotatable bonds is 5. The molecule has 1 aliphatic rings. The number of amides is 2. The molecule has 0 spiro atoms. The van der Waals surface area contributed by atoms with Gasteiger partial charge in [0.15, 0.2) is 0 Å². The maximum Gasteiger partial charge on any atom is 0.415 e. The SMILES string of the molecule is CC(=O)NCc1cccc(-c2cccc(N3CCC(C)(c4ccccc4)OC3=O)c2)c1. The largest absolute Gasteiger partial charge is 0.438 e. The molecule has 3 aromatic rings. The van der Waals surface area contributed by atoms with E-state index in [4.69, 9.17) is 4.74 Å². The summed E-state index contributed by atoms with van der Waals surface area (Å²) >= 11 is 0. The van der Waals surface area contributed by atoms with Crippen LogP contribution in [0.25, 0.3) is 11.1 Å². The van der Waals surface area contributed by atoms with Crippen LogP contribution in [0.3, 0.4) is 0 Å². The number of anilines is 1. The first-order valence-electron chi connectivity index (χ1n) is 10.4. The van der Waals surface area contributed by atoms with Crippen LogP contribution in [0.5, 0.6) is 0 Å². The van der Waals surface area contributed by atoms with E-state index in [0.29, 0.717) is 19.5 Å². The van der Waals surface area contributed by atoms with Crippen LogP contribution in [0, 0.1) is 0 Å². The second-order valence-corrected chi connectivity index (χ2v) is 8.03. The lowest BCUT2D eigenvalue weighted by molar-refractivity contribution is -0.119. The van der Waals surface area contributed by atoms with Crippen LogP contribution in [-0.4, -0.2) is 18.5 Å². The zero-order valence-electron chi connectivity index (χ0n) is 17.8. The average molecular weight is 415 g/mol. The van der Waals surface area contributed by atoms with Gasteiger partial charge in [-0.05, 0) is 47.4 Å². The van der Waals surface area contributed by atoms with Crippen molar-refractivity contribution in [1.29, 1.82) is 0 Å². The predicted octanol–water partition coefficient (Wildman–Crippen LogP) is 5.25. The minimum absolute atomic E-state index is 0.0569. The molecule has 1 atom stereocenters. The van der Waals surface area contributed by atoms with Gasteiger partial charge in [-0.1, -0.05) is 60.7 Å². The fraction of sp³-hybridized carbons (Fsp3) is 0.231. The molecule has 0 aliphatic carbocycles. The first-order valence-corrected chi connectivity index (χ1v) is 10.4. The molecule has 0 radical (unpaired) electrons. The van der Waals surface area contributed by atoms with Crippen molar-refractivity contribution in [2.45, 2.75) is 32.4 Å². The minimum atomic E-state index is -0.621. The maximum atomic E-state index is 12.9. The summed E-state index contributed by atoms with van der Waals surface area (Å²) in [7, 11) is 0. The number of carbonyl (C=O) groups excluding carboxylic acids is 2. The monoisotopic (exact) mass is 414 g/mol. The van der Waals surface area contributed by atoms with Gasteiger partial charge in [-0.25, -0.2) is 4.79 Å². The molecule has 1 fully saturated rings. The van der Waals surface area contributed by atoms with Gasteiger partial charge in [0.2, 0.25) is 5.91 Å². The molecular weight excluding hydrogens is 388 g/mol. The van der Waals surface area contributed by atoms with E-state index in [9.17, 15) is 9.59 Å². The van der Waals surface area contributed by atoms with Crippen molar-refractivity contribution in [2.24, 2.45) is 0 Å². The topological polar surface area (TPSA) is 58.6 Å². The van der Waals surface area contributed by atoms with Crippen molar-refractivity contribution >= 4 is 17.7 Å². The third-order valence-corrected chi connectivity index (χ3v) is 5.69. The molecule has 158 valence electrons. The Morgan fingerprint density at radius 3 is 2.42 bits per heavy atom. The van der Waals surface area contributed by atoms with Crippen molar-refractivity contribution < 1.29 is 14.3 Å². The Kier molecular flexibility index (Phi) is 5.76. The lowest BCUT2D eigenvalue weighted by atomic mass is 9.91. The number of cyclic esters (lactones) is 1. The molecule has 0 bridgehead atoms. The first-order chi connectivity index (χ1) is 14.9. The summed E-state index contributed by atoms with van der Waals surface area (Å²) in [5.41, 5.74) is 4.26. The number of hydrogen-bond donors (Lipinski definition) is 1. The van der Waals surface area contributed by atoms with Crippen molar-refractivity contribution in [2.75, 3.05) is 11.4 Å². The Morgan fingerprint density at radius 1 is 1.00 bits per heavy atom. The van der Waals surface area contributed by atoms with Gasteiger partial charge in [-0.2, -0.15) is 0 Å². The summed E-state index contributed by atoms with van der Waals surface area (Å²) in [6.45, 7) is 4.54. The zero-order chi connectivity index (χ0) is 21.8. The van der Waals surface area contributed by atoms with E-state index in [1.54, 1.807) is 4.90 Å². The highest BCUT2D eigenvalue weighted by molar-refractivity contribution is 5.90. The van der Waals surface area contributed by atoms with E-state index in [1.807, 2.05) is 79.7 Å². The van der Waals surface area contributed by atoms with Gasteiger partial charge in [-0.15, -0.1) is 0 Å². The molecule has 1 aliphatic heterocycles. The molecule has 3 aromatic carbocycles. The van der Waals surface area contributed by atoms with Gasteiger partial charge >= 0.3 is 6.09 Å². The molecule has 1 saturated heterocycles. The second kappa shape index (κ2) is 8.64. The lowest BCUT2D eigenvalue weighted by Gasteiger charge is -2.39. The van der Waals surface area contributed by atoms with Gasteiger partial charge in [0, 0.05) is 32.1 Å². The van der Waals surface area contributed by atoms with Crippen LogP contribution in [0.2, 0.25) is 0 Å². The van der Waals surface area contributed by atoms with Crippen LogP contribution in [-0.2, 0) is 21.7 Å². The fourth-order valence-corrected chi connectivity index (χ4v) is 3.88. The third kappa shape index (κ3) is 4.61. The summed E-state index contributed by atoms with van der Waals surface area (Å²) in [4.78, 5) is 25.8. The summed E-state index contributed by atoms with van der Waals surface area (Å²) in [5.74, 6) is -0.0569. The molecule has 31 heavy (non-hydrogen) atoms. The molecule has 1 unspecified atom stereocenters. The Bertz CT molecular complexity index is 1100. The Labute approximate surface area is 182 Å². The van der Waals surface area contributed by atoms with E-state index < -0.39 is 5.60 Å². The molecule has 5 heteroatoms. The predicted molar refractivity (Wildman–Crippen MR) is 122 cm³/mol. The van der Waals surface area contributed by atoms with Crippen LogP contribution >= 0.6 is 0 Å². The molecule has 0 saturated carbocycles. The fourth-order valence-electron chi connectivity index (χ4n) is 3.88. The zero-order valence-corrected chi connectivity index (χ0v) is 17.8. The quantitative estimate of drug-likeness (QED) is 0.620. The Balaban J connectivity index is 1.54. The normalized spacial score (nSPS) is 18.4. The number of carbonyl (C=O) groups is 2. The molecule has 1 heterocycles. The van der Waals surface area contributed by atoms with Gasteiger partial charge in [0.1, 0.15) is 5.60 Å². The average Bonchev–Trinajstić information content (AvgIpc) is 2.79. The van der Waals surface area contributed by atoms with E-state index in [1.165, 1.54) is 6.92 Å². The molecule has 2 amide bonds. The van der Waals surface area contributed by atoms with Crippen LogP contribution in [0.4, 0.5) is 10.5 Å². The first kappa shape index (κ1) is 20.7. The lowest BCUT2D eigenvalue weighted by Crippen LogP contribution is -2.46. The van der Waals surface area contributed by atoms with Gasteiger partial charge in [0.05, 0.1) is 0 Å². The number of hydrogen-bond acceptors (Lipinski definition) is 3. The van der Waals surface area contributed by atoms with E-state index in [0.717, 1.165) is 27.9 Å². The van der Waals surface area contributed by atoms with Crippen molar-refractivity contribution in [3.63, 3.8) is 0 Å². The van der Waals surface area contributed by atoms with Crippen LogP contribution in [0.1, 0.15) is 31.4 Å². The molecule has 5 nitrogen and oxygen atoms in total. The van der Waals surface area contributed by atoms with Crippen LogP contribution in [0.15, 0.2) is 78.9 Å². The highest BCUT2D eigenvalue weighted by Crippen LogP contribution is 2.36. The molecule has 0 aromatic heterocycles. The second-order valence-electron chi connectivity index (χ2n) is 8.03. The molecular formula is C26H26N2O3. The standard InChI is InChI=1S/C26H26N2O3/c1-19(29)27-18-20-8-6-9-21(16-20)22-10-7-13-24(17-22)28-15-14-26(2,31-25(28)30)23-11-4-3-5-12-23/h3-13,16-17H,14-15,18H2,1-2H3,(H,27,29). The molecule has 1 N–H and O–H groups in total. The van der Waals surface area contributed by atoms with E-state index in [2.05, 4.69) is 11.4 Å². The number of nitrogens with one attached hydrogen (secondary N) is 1. The Hall–Kier alpha value is -3.60. The summed E-state index contributed by atoms with van der Waals surface area (Å²) in [6, 6.07) is 25.8. The van der Waals surface area contributed by atoms with E-state index >= 15 is 0 Å². The van der Waals surface area contributed by atoms with Gasteiger partial charge < -0.3 is 10.1 Å². The molecule has 4 rings (SSSR count). The van der Waals surface area contributed by atoms with E-state index in [-0.39, 0.29) is 12.0 Å². The smallest absolute Gasteiger partial charge is 0.415 e. The summed E-state index contributed by atoms with van der Waals surface area (Å²) < 4.78 is 5.89. The van der Waals surface area contributed by atoms with Gasteiger partial charge in [0.25, 0.3) is 0 Å². The minimum Gasteiger partial charge on any atom is -0.438 e. The number of nitrogens with zero attached hydrogens (tertiary/aromatic N) is 1. The maximum absolute atomic E-state index is 12.9. The Morgan fingerprint density at radius 2 is 1.71 bits per heavy atom. The number of ether oxygens (including phenoxy) is 1. The summed E-state index contributed by atoms with van der Waals surface area (Å²) in [5, 5.41) is 2.82. The van der Waals surface area contributed by atoms with Crippen LogP contribution < -0.4 is 10.2 Å². The van der Waals surface area contributed by atoms with Gasteiger partial charge in [-0.3, -0.25) is 9.69 Å². The van der Waals surface area contributed by atoms with Crippen molar-refractivity contribution in [3.05, 3.63) is 90.0 Å².